The van der Waals surface area contributed by atoms with Gasteiger partial charge in [0.15, 0.2) is 0 Å². The van der Waals surface area contributed by atoms with Crippen LogP contribution in [0.25, 0.3) is 0 Å². The Labute approximate surface area is 140 Å². The second kappa shape index (κ2) is 6.45. The van der Waals surface area contributed by atoms with Crippen molar-refractivity contribution in [2.24, 2.45) is 0 Å². The number of nitrogens with one attached hydrogen (secondary N) is 2. The summed E-state index contributed by atoms with van der Waals surface area (Å²) in [5.41, 5.74) is -0.560. The van der Waals surface area contributed by atoms with E-state index in [-0.39, 0.29) is 18.5 Å². The zero-order valence-electron chi connectivity index (χ0n) is 13.9. The molecular weight excluding hydrogens is 310 g/mol. The normalized spacial score (nSPS) is 28.5. The number of carbonyl (C=O) groups is 2. The number of rotatable bonds is 5. The summed E-state index contributed by atoms with van der Waals surface area (Å²) in [5.74, 6) is -0.0258. The Morgan fingerprint density at radius 2 is 2.25 bits per heavy atom. The van der Waals surface area contributed by atoms with Crippen LogP contribution in [0, 0.1) is 0 Å². The van der Waals surface area contributed by atoms with Crippen molar-refractivity contribution in [3.8, 4) is 0 Å². The first-order chi connectivity index (χ1) is 11.5. The Morgan fingerprint density at radius 3 is 2.79 bits per heavy atom. The minimum absolute atomic E-state index is 0.107. The summed E-state index contributed by atoms with van der Waals surface area (Å²) in [5, 5.41) is 16.1. The van der Waals surface area contributed by atoms with Gasteiger partial charge in [-0.05, 0) is 39.3 Å². The largest absolute Gasteiger partial charge is 0.391 e. The van der Waals surface area contributed by atoms with Gasteiger partial charge in [0.05, 0.1) is 18.7 Å². The van der Waals surface area contributed by atoms with Crippen molar-refractivity contribution in [2.45, 2.75) is 57.0 Å². The highest BCUT2D eigenvalue weighted by Crippen LogP contribution is 2.39. The van der Waals surface area contributed by atoms with Crippen molar-refractivity contribution < 1.29 is 14.7 Å². The number of hydrogen-bond donors (Lipinski definition) is 3. The first kappa shape index (κ1) is 16.8. The molecule has 0 radical (unpaired) electrons. The lowest BCUT2D eigenvalue weighted by atomic mass is 9.76. The molecule has 2 aliphatic rings. The van der Waals surface area contributed by atoms with Gasteiger partial charge in [0.2, 0.25) is 11.8 Å². The van der Waals surface area contributed by atoms with E-state index in [4.69, 9.17) is 0 Å². The minimum atomic E-state index is -0.966. The van der Waals surface area contributed by atoms with Crippen molar-refractivity contribution in [2.75, 3.05) is 6.54 Å². The fourth-order valence-electron chi connectivity index (χ4n) is 3.70. The van der Waals surface area contributed by atoms with Gasteiger partial charge in [-0.3, -0.25) is 9.59 Å². The van der Waals surface area contributed by atoms with Crippen LogP contribution >= 0.6 is 0 Å². The number of aliphatic hydroxyl groups excluding tert-OH is 1. The minimum Gasteiger partial charge on any atom is -0.391 e. The monoisotopic (exact) mass is 333 g/mol. The number of amides is 2. The van der Waals surface area contributed by atoms with Crippen LogP contribution in [0.1, 0.15) is 32.5 Å². The molecule has 1 spiro atoms. The summed E-state index contributed by atoms with van der Waals surface area (Å²) in [6, 6.07) is 0.647. The smallest absolute Gasteiger partial charge is 0.246 e. The van der Waals surface area contributed by atoms with Gasteiger partial charge < -0.3 is 20.6 Å². The molecule has 1 aromatic rings. The first-order valence-corrected chi connectivity index (χ1v) is 8.27. The van der Waals surface area contributed by atoms with Gasteiger partial charge in [0, 0.05) is 12.4 Å². The molecule has 3 N–H and O–H groups in total. The predicted molar refractivity (Wildman–Crippen MR) is 85.6 cm³/mol. The number of carbonyl (C=O) groups excluding carboxylic acids is 2. The summed E-state index contributed by atoms with van der Waals surface area (Å²) in [4.78, 5) is 34.8. The van der Waals surface area contributed by atoms with E-state index in [1.54, 1.807) is 18.5 Å². The second-order valence-electron chi connectivity index (χ2n) is 6.46. The lowest BCUT2D eigenvalue weighted by Crippen LogP contribution is -2.80. The number of likely N-dealkylation sites (tertiary alicyclic amines) is 1. The third-order valence-electron chi connectivity index (χ3n) is 5.00. The average molecular weight is 333 g/mol. The molecule has 0 saturated carbocycles. The van der Waals surface area contributed by atoms with E-state index < -0.39 is 23.6 Å². The van der Waals surface area contributed by atoms with Gasteiger partial charge in [0.25, 0.3) is 0 Å². The molecule has 130 valence electrons. The molecule has 1 aromatic heterocycles. The molecule has 2 aliphatic heterocycles. The SMILES string of the molecule is CC1N(C(C(=O)NCc2ncccn2)[C@@H](C)O)C(=O)C12CCCN2. The number of β-lactam (4-membered cyclic amide) rings is 1. The molecular formula is C16H23N5O3. The molecule has 0 bridgehead atoms. The van der Waals surface area contributed by atoms with Gasteiger partial charge in [0.1, 0.15) is 17.4 Å². The molecule has 24 heavy (non-hydrogen) atoms. The summed E-state index contributed by atoms with van der Waals surface area (Å²) in [6.45, 7) is 4.41. The molecule has 3 unspecified atom stereocenters. The van der Waals surface area contributed by atoms with Crippen LogP contribution in [-0.2, 0) is 16.1 Å². The first-order valence-electron chi connectivity index (χ1n) is 8.27. The number of aliphatic hydroxyl groups is 1. The summed E-state index contributed by atoms with van der Waals surface area (Å²) >= 11 is 0. The van der Waals surface area contributed by atoms with Crippen molar-refractivity contribution >= 4 is 11.8 Å². The summed E-state index contributed by atoms with van der Waals surface area (Å²) in [7, 11) is 0. The highest BCUT2D eigenvalue weighted by molar-refractivity contribution is 5.98. The van der Waals surface area contributed by atoms with Crippen molar-refractivity contribution in [1.82, 2.24) is 25.5 Å². The Morgan fingerprint density at radius 1 is 1.54 bits per heavy atom. The van der Waals surface area contributed by atoms with E-state index in [1.165, 1.54) is 11.8 Å². The number of aromatic nitrogens is 2. The Balaban J connectivity index is 1.69. The molecule has 2 fully saturated rings. The zero-order chi connectivity index (χ0) is 17.3. The Hall–Kier alpha value is -2.06. The third kappa shape index (κ3) is 2.65. The maximum atomic E-state index is 12.7. The van der Waals surface area contributed by atoms with E-state index in [0.29, 0.717) is 5.82 Å². The molecule has 3 heterocycles. The number of hydrogen-bond acceptors (Lipinski definition) is 6. The molecule has 0 aliphatic carbocycles. The molecule has 4 atom stereocenters. The van der Waals surface area contributed by atoms with Crippen molar-refractivity contribution in [3.63, 3.8) is 0 Å². The zero-order valence-corrected chi connectivity index (χ0v) is 13.9. The maximum absolute atomic E-state index is 12.7. The van der Waals surface area contributed by atoms with Gasteiger partial charge in [-0.25, -0.2) is 9.97 Å². The van der Waals surface area contributed by atoms with Crippen LogP contribution in [0.5, 0.6) is 0 Å². The van der Waals surface area contributed by atoms with Crippen molar-refractivity contribution in [3.05, 3.63) is 24.3 Å². The standard InChI is InChI=1S/C16H23N5O3/c1-10(22)13(14(23)19-9-12-17-6-4-7-18-12)21-11(2)16(15(21)24)5-3-8-20-16/h4,6-7,10-11,13,20,22H,3,5,8-9H2,1-2H3,(H,19,23)/t10-,11?,13?,16?/m1/s1. The van der Waals surface area contributed by atoms with Crippen LogP contribution in [-0.4, -0.2) is 62.1 Å². The second-order valence-corrected chi connectivity index (χ2v) is 6.46. The topological polar surface area (TPSA) is 107 Å². The van der Waals surface area contributed by atoms with E-state index in [2.05, 4.69) is 20.6 Å². The van der Waals surface area contributed by atoms with Crippen LogP contribution in [0.4, 0.5) is 0 Å². The lowest BCUT2D eigenvalue weighted by Gasteiger charge is -2.56. The van der Waals surface area contributed by atoms with Crippen molar-refractivity contribution in [1.29, 1.82) is 0 Å². The van der Waals surface area contributed by atoms with E-state index in [0.717, 1.165) is 19.4 Å². The van der Waals surface area contributed by atoms with Crippen LogP contribution < -0.4 is 10.6 Å². The molecule has 2 amide bonds. The van der Waals surface area contributed by atoms with Crippen LogP contribution in [0.2, 0.25) is 0 Å². The Kier molecular flexibility index (Phi) is 4.51. The molecule has 3 rings (SSSR count). The lowest BCUT2D eigenvalue weighted by molar-refractivity contribution is -0.173. The summed E-state index contributed by atoms with van der Waals surface area (Å²) < 4.78 is 0. The number of nitrogens with zero attached hydrogens (tertiary/aromatic N) is 3. The molecule has 2 saturated heterocycles. The van der Waals surface area contributed by atoms with Gasteiger partial charge in [-0.15, -0.1) is 0 Å². The van der Waals surface area contributed by atoms with E-state index >= 15 is 0 Å². The molecule has 8 nitrogen and oxygen atoms in total. The predicted octanol–water partition coefficient (Wildman–Crippen LogP) is -0.805. The fourth-order valence-corrected chi connectivity index (χ4v) is 3.70. The average Bonchev–Trinajstić information content (AvgIpc) is 3.10. The quantitative estimate of drug-likeness (QED) is 0.609. The van der Waals surface area contributed by atoms with E-state index in [9.17, 15) is 14.7 Å². The van der Waals surface area contributed by atoms with Gasteiger partial charge in [-0.1, -0.05) is 0 Å². The third-order valence-corrected chi connectivity index (χ3v) is 5.00. The van der Waals surface area contributed by atoms with Gasteiger partial charge >= 0.3 is 0 Å². The fraction of sp³-hybridized carbons (Fsp3) is 0.625. The van der Waals surface area contributed by atoms with E-state index in [1.807, 2.05) is 6.92 Å². The van der Waals surface area contributed by atoms with Gasteiger partial charge in [-0.2, -0.15) is 0 Å². The maximum Gasteiger partial charge on any atom is 0.246 e. The molecule has 8 heteroatoms. The van der Waals surface area contributed by atoms with Crippen LogP contribution in [0.15, 0.2) is 18.5 Å². The highest BCUT2D eigenvalue weighted by atomic mass is 16.3. The van der Waals surface area contributed by atoms with Crippen LogP contribution in [0.3, 0.4) is 0 Å². The highest BCUT2D eigenvalue weighted by Gasteiger charge is 2.62. The Bertz CT molecular complexity index is 615. The summed E-state index contributed by atoms with van der Waals surface area (Å²) in [6.07, 6.45) is 3.94. The molecule has 0 aromatic carbocycles.